The maximum Gasteiger partial charge on any atom is 0.225 e. The Labute approximate surface area is 146 Å². The van der Waals surface area contributed by atoms with Crippen molar-refractivity contribution in [3.63, 3.8) is 0 Å². The van der Waals surface area contributed by atoms with E-state index < -0.39 is 5.82 Å². The van der Waals surface area contributed by atoms with Crippen LogP contribution in [0, 0.1) is 12.7 Å². The number of anilines is 2. The van der Waals surface area contributed by atoms with Gasteiger partial charge in [-0.3, -0.25) is 9.59 Å². The van der Waals surface area contributed by atoms with Gasteiger partial charge in [-0.25, -0.2) is 4.39 Å². The maximum absolute atomic E-state index is 13.4. The summed E-state index contributed by atoms with van der Waals surface area (Å²) in [5, 5.41) is 5.28. The molecule has 5 nitrogen and oxygen atoms in total. The molecule has 0 bridgehead atoms. The molecule has 25 heavy (non-hydrogen) atoms. The van der Waals surface area contributed by atoms with Crippen LogP contribution in [0.15, 0.2) is 42.5 Å². The predicted octanol–water partition coefficient (Wildman–Crippen LogP) is 2.99. The van der Waals surface area contributed by atoms with Crippen molar-refractivity contribution in [1.82, 2.24) is 0 Å². The summed E-state index contributed by atoms with van der Waals surface area (Å²) in [6.45, 7) is 2.20. The first-order valence-corrected chi connectivity index (χ1v) is 8.13. The van der Waals surface area contributed by atoms with Gasteiger partial charge in [0.15, 0.2) is 0 Å². The van der Waals surface area contributed by atoms with Crippen molar-refractivity contribution in [1.29, 1.82) is 0 Å². The summed E-state index contributed by atoms with van der Waals surface area (Å²) in [6.07, 6.45) is 1.01. The van der Waals surface area contributed by atoms with Gasteiger partial charge in [0.25, 0.3) is 0 Å². The molecule has 2 amide bonds. The lowest BCUT2D eigenvalue weighted by molar-refractivity contribution is -0.117. The van der Waals surface area contributed by atoms with E-state index in [0.29, 0.717) is 12.1 Å². The van der Waals surface area contributed by atoms with Crippen LogP contribution in [0.1, 0.15) is 24.0 Å². The average molecular weight is 343 g/mol. The summed E-state index contributed by atoms with van der Waals surface area (Å²) in [6, 6.07) is 11.8. The normalized spacial score (nSPS) is 10.4. The van der Waals surface area contributed by atoms with Crippen LogP contribution in [0.25, 0.3) is 0 Å². The molecule has 0 aliphatic heterocycles. The van der Waals surface area contributed by atoms with Crippen molar-refractivity contribution in [2.45, 2.75) is 26.2 Å². The Kier molecular flexibility index (Phi) is 6.65. The number of nitrogens with one attached hydrogen (secondary N) is 2. The van der Waals surface area contributed by atoms with Crippen molar-refractivity contribution in [3.8, 4) is 0 Å². The minimum atomic E-state index is -0.499. The molecule has 0 fully saturated rings. The molecule has 0 saturated heterocycles. The van der Waals surface area contributed by atoms with Crippen molar-refractivity contribution >= 4 is 23.2 Å². The SMILES string of the molecule is Cc1ccc(CCC(=O)Nc2ccc(F)cc2NC(=O)CCN)cc1. The number of carbonyl (C=O) groups is 2. The van der Waals surface area contributed by atoms with Gasteiger partial charge in [0.2, 0.25) is 11.8 Å². The van der Waals surface area contributed by atoms with E-state index in [-0.39, 0.29) is 36.9 Å². The molecule has 132 valence electrons. The fourth-order valence-electron chi connectivity index (χ4n) is 2.30. The summed E-state index contributed by atoms with van der Waals surface area (Å²) in [7, 11) is 0. The number of benzene rings is 2. The van der Waals surface area contributed by atoms with E-state index in [9.17, 15) is 14.0 Å². The Bertz CT molecular complexity index is 745. The fourth-order valence-corrected chi connectivity index (χ4v) is 2.30. The summed E-state index contributed by atoms with van der Waals surface area (Å²) < 4.78 is 13.4. The Morgan fingerprint density at radius 2 is 1.60 bits per heavy atom. The largest absolute Gasteiger partial charge is 0.330 e. The highest BCUT2D eigenvalue weighted by Gasteiger charge is 2.11. The van der Waals surface area contributed by atoms with Gasteiger partial charge in [0, 0.05) is 19.4 Å². The van der Waals surface area contributed by atoms with Crippen molar-refractivity contribution in [2.24, 2.45) is 5.73 Å². The van der Waals surface area contributed by atoms with Gasteiger partial charge < -0.3 is 16.4 Å². The number of carbonyl (C=O) groups excluding carboxylic acids is 2. The minimum absolute atomic E-state index is 0.122. The number of hydrogen-bond acceptors (Lipinski definition) is 3. The molecule has 0 aliphatic carbocycles. The van der Waals surface area contributed by atoms with Crippen LogP contribution >= 0.6 is 0 Å². The molecule has 0 aliphatic rings. The molecule has 4 N–H and O–H groups in total. The molecule has 6 heteroatoms. The zero-order valence-electron chi connectivity index (χ0n) is 14.1. The standard InChI is InChI=1S/C19H22FN3O2/c1-13-2-4-14(5-3-13)6-9-18(24)22-16-8-7-15(20)12-17(16)23-19(25)10-11-21/h2-5,7-8,12H,6,9-11,21H2,1H3,(H,22,24)(H,23,25). The number of aryl methyl sites for hydroxylation is 2. The van der Waals surface area contributed by atoms with E-state index in [0.717, 1.165) is 11.1 Å². The van der Waals surface area contributed by atoms with Crippen LogP contribution in [0.3, 0.4) is 0 Å². The molecule has 2 aromatic rings. The summed E-state index contributed by atoms with van der Waals surface area (Å²) >= 11 is 0. The molecule has 0 radical (unpaired) electrons. The van der Waals surface area contributed by atoms with Gasteiger partial charge in [0.1, 0.15) is 5.82 Å². The Hall–Kier alpha value is -2.73. The number of nitrogens with two attached hydrogens (primary N) is 1. The van der Waals surface area contributed by atoms with E-state index >= 15 is 0 Å². The third kappa shape index (κ3) is 6.00. The Morgan fingerprint density at radius 1 is 0.960 bits per heavy atom. The average Bonchev–Trinajstić information content (AvgIpc) is 2.57. The Morgan fingerprint density at radius 3 is 2.28 bits per heavy atom. The molecule has 0 unspecified atom stereocenters. The minimum Gasteiger partial charge on any atom is -0.330 e. The highest BCUT2D eigenvalue weighted by molar-refractivity contribution is 5.99. The monoisotopic (exact) mass is 343 g/mol. The number of rotatable bonds is 7. The van der Waals surface area contributed by atoms with Crippen molar-refractivity contribution < 1.29 is 14.0 Å². The highest BCUT2D eigenvalue weighted by Crippen LogP contribution is 2.23. The van der Waals surface area contributed by atoms with E-state index in [4.69, 9.17) is 5.73 Å². The third-order valence-corrected chi connectivity index (χ3v) is 3.66. The molecular weight excluding hydrogens is 321 g/mol. The van der Waals surface area contributed by atoms with E-state index in [1.807, 2.05) is 31.2 Å². The summed E-state index contributed by atoms with van der Waals surface area (Å²) in [5.41, 5.74) is 8.15. The van der Waals surface area contributed by atoms with Crippen LogP contribution in [0.5, 0.6) is 0 Å². The third-order valence-electron chi connectivity index (χ3n) is 3.66. The van der Waals surface area contributed by atoms with E-state index in [2.05, 4.69) is 10.6 Å². The second kappa shape index (κ2) is 8.94. The lowest BCUT2D eigenvalue weighted by Gasteiger charge is -2.12. The zero-order chi connectivity index (χ0) is 18.2. The second-order valence-electron chi connectivity index (χ2n) is 5.81. The van der Waals surface area contributed by atoms with Gasteiger partial charge in [-0.05, 0) is 37.1 Å². The molecule has 2 rings (SSSR count). The topological polar surface area (TPSA) is 84.2 Å². The number of halogens is 1. The van der Waals surface area contributed by atoms with Gasteiger partial charge in [0.05, 0.1) is 11.4 Å². The van der Waals surface area contributed by atoms with Gasteiger partial charge >= 0.3 is 0 Å². The van der Waals surface area contributed by atoms with E-state index in [1.165, 1.54) is 18.2 Å². The van der Waals surface area contributed by atoms with Crippen LogP contribution in [-0.2, 0) is 16.0 Å². The van der Waals surface area contributed by atoms with E-state index in [1.54, 1.807) is 0 Å². The van der Waals surface area contributed by atoms with Gasteiger partial charge in [-0.15, -0.1) is 0 Å². The Balaban J connectivity index is 1.99. The lowest BCUT2D eigenvalue weighted by Crippen LogP contribution is -2.19. The number of amides is 2. The fraction of sp³-hybridized carbons (Fsp3) is 0.263. The van der Waals surface area contributed by atoms with Crippen LogP contribution < -0.4 is 16.4 Å². The van der Waals surface area contributed by atoms with Crippen molar-refractivity contribution in [3.05, 3.63) is 59.4 Å². The second-order valence-corrected chi connectivity index (χ2v) is 5.81. The van der Waals surface area contributed by atoms with Crippen LogP contribution in [0.2, 0.25) is 0 Å². The molecule has 0 spiro atoms. The first kappa shape index (κ1) is 18.6. The van der Waals surface area contributed by atoms with Crippen molar-refractivity contribution in [2.75, 3.05) is 17.2 Å². The number of hydrogen-bond donors (Lipinski definition) is 3. The highest BCUT2D eigenvalue weighted by atomic mass is 19.1. The predicted molar refractivity (Wildman–Crippen MR) is 96.8 cm³/mol. The molecule has 2 aromatic carbocycles. The first-order chi connectivity index (χ1) is 12.0. The molecule has 0 heterocycles. The first-order valence-electron chi connectivity index (χ1n) is 8.13. The van der Waals surface area contributed by atoms with Gasteiger partial charge in [-0.1, -0.05) is 29.8 Å². The molecule has 0 aromatic heterocycles. The molecular formula is C19H22FN3O2. The maximum atomic E-state index is 13.4. The summed E-state index contributed by atoms with van der Waals surface area (Å²) in [5.74, 6) is -1.04. The summed E-state index contributed by atoms with van der Waals surface area (Å²) in [4.78, 5) is 23.8. The zero-order valence-corrected chi connectivity index (χ0v) is 14.1. The van der Waals surface area contributed by atoms with Crippen LogP contribution in [0.4, 0.5) is 15.8 Å². The lowest BCUT2D eigenvalue weighted by atomic mass is 10.1. The quantitative estimate of drug-likeness (QED) is 0.722. The molecule has 0 saturated carbocycles. The molecule has 0 atom stereocenters. The van der Waals surface area contributed by atoms with Crippen LogP contribution in [-0.4, -0.2) is 18.4 Å². The van der Waals surface area contributed by atoms with Gasteiger partial charge in [-0.2, -0.15) is 0 Å². The smallest absolute Gasteiger partial charge is 0.225 e.